The normalized spacial score (nSPS) is 15.9. The highest BCUT2D eigenvalue weighted by Gasteiger charge is 2.20. The molecule has 1 aliphatic heterocycles. The van der Waals surface area contributed by atoms with Gasteiger partial charge in [0.2, 0.25) is 0 Å². The van der Waals surface area contributed by atoms with Crippen LogP contribution in [0.1, 0.15) is 0 Å². The first-order valence-corrected chi connectivity index (χ1v) is 10.3. The molecule has 4 rings (SSSR count). The molecule has 8 heteroatoms. The number of aromatic nitrogens is 2. The Morgan fingerprint density at radius 2 is 1.85 bits per heavy atom. The molecule has 0 amide bonds. The van der Waals surface area contributed by atoms with Crippen LogP contribution >= 0.6 is 0 Å². The zero-order chi connectivity index (χ0) is 18.7. The Morgan fingerprint density at radius 1 is 1.07 bits per heavy atom. The molecule has 1 fully saturated rings. The van der Waals surface area contributed by atoms with E-state index < -0.39 is 10.0 Å². The average molecular weight is 387 g/mol. The second-order valence-corrected chi connectivity index (χ2v) is 8.10. The van der Waals surface area contributed by atoms with Gasteiger partial charge in [0.1, 0.15) is 12.4 Å². The highest BCUT2D eigenvalue weighted by molar-refractivity contribution is 7.90. The summed E-state index contributed by atoms with van der Waals surface area (Å²) in [5.41, 5.74) is 0.527. The summed E-state index contributed by atoms with van der Waals surface area (Å²) in [6.45, 7) is 4.78. The second-order valence-electron chi connectivity index (χ2n) is 6.33. The predicted octanol–water partition coefficient (Wildman–Crippen LogP) is 1.98. The molecular formula is C19H21N3O4S. The van der Waals surface area contributed by atoms with Gasteiger partial charge in [0.25, 0.3) is 10.0 Å². The molecule has 142 valence electrons. The summed E-state index contributed by atoms with van der Waals surface area (Å²) >= 11 is 0. The van der Waals surface area contributed by atoms with Crippen LogP contribution in [0.25, 0.3) is 10.9 Å². The maximum absolute atomic E-state index is 12.8. The molecule has 0 radical (unpaired) electrons. The molecule has 0 atom stereocenters. The van der Waals surface area contributed by atoms with E-state index in [0.717, 1.165) is 42.3 Å². The van der Waals surface area contributed by atoms with Crippen LogP contribution in [0.15, 0.2) is 59.6 Å². The lowest BCUT2D eigenvalue weighted by Crippen LogP contribution is -2.38. The van der Waals surface area contributed by atoms with Crippen molar-refractivity contribution in [2.24, 2.45) is 0 Å². The molecule has 0 bridgehead atoms. The SMILES string of the molecule is O=S(=O)(c1ccccc1)n1ncc2cc(OCCN3CCOCC3)ccc21. The quantitative estimate of drug-likeness (QED) is 0.644. The minimum atomic E-state index is -3.72. The first-order valence-electron chi connectivity index (χ1n) is 8.86. The van der Waals surface area contributed by atoms with E-state index in [1.54, 1.807) is 48.7 Å². The Morgan fingerprint density at radius 3 is 2.63 bits per heavy atom. The minimum Gasteiger partial charge on any atom is -0.492 e. The number of ether oxygens (including phenoxy) is 2. The molecule has 0 unspecified atom stereocenters. The van der Waals surface area contributed by atoms with Crippen molar-refractivity contribution in [3.05, 3.63) is 54.7 Å². The Kier molecular flexibility index (Phi) is 5.11. The van der Waals surface area contributed by atoms with Gasteiger partial charge >= 0.3 is 0 Å². The Bertz CT molecular complexity index is 1010. The molecule has 1 saturated heterocycles. The summed E-state index contributed by atoms with van der Waals surface area (Å²) in [6.07, 6.45) is 1.55. The number of rotatable bonds is 6. The zero-order valence-corrected chi connectivity index (χ0v) is 15.6. The fourth-order valence-electron chi connectivity index (χ4n) is 3.08. The van der Waals surface area contributed by atoms with Gasteiger partial charge < -0.3 is 9.47 Å². The molecular weight excluding hydrogens is 366 g/mol. The van der Waals surface area contributed by atoms with Crippen LogP contribution < -0.4 is 4.74 Å². The molecule has 3 aromatic rings. The monoisotopic (exact) mass is 387 g/mol. The lowest BCUT2D eigenvalue weighted by atomic mass is 10.2. The molecule has 0 saturated carbocycles. The molecule has 2 aromatic carbocycles. The highest BCUT2D eigenvalue weighted by Crippen LogP contribution is 2.24. The van der Waals surface area contributed by atoms with Crippen molar-refractivity contribution in [2.45, 2.75) is 4.90 Å². The van der Waals surface area contributed by atoms with Gasteiger partial charge in [-0.05, 0) is 30.3 Å². The Labute approximate surface area is 158 Å². The fourth-order valence-corrected chi connectivity index (χ4v) is 4.38. The number of hydrogen-bond donors (Lipinski definition) is 0. The van der Waals surface area contributed by atoms with Crippen molar-refractivity contribution in [1.82, 2.24) is 14.1 Å². The van der Waals surface area contributed by atoms with Crippen molar-refractivity contribution in [3.8, 4) is 5.75 Å². The lowest BCUT2D eigenvalue weighted by Gasteiger charge is -2.26. The van der Waals surface area contributed by atoms with Gasteiger partial charge in [-0.1, -0.05) is 18.2 Å². The van der Waals surface area contributed by atoms with Crippen molar-refractivity contribution in [1.29, 1.82) is 0 Å². The van der Waals surface area contributed by atoms with E-state index in [9.17, 15) is 8.42 Å². The summed E-state index contributed by atoms with van der Waals surface area (Å²) in [6, 6.07) is 13.6. The molecule has 0 N–H and O–H groups in total. The second kappa shape index (κ2) is 7.67. The van der Waals surface area contributed by atoms with Crippen molar-refractivity contribution in [2.75, 3.05) is 39.5 Å². The smallest absolute Gasteiger partial charge is 0.283 e. The van der Waals surface area contributed by atoms with E-state index in [0.29, 0.717) is 17.9 Å². The highest BCUT2D eigenvalue weighted by atomic mass is 32.2. The average Bonchev–Trinajstić information content (AvgIpc) is 3.14. The maximum Gasteiger partial charge on any atom is 0.283 e. The standard InChI is InChI=1S/C19H21N3O4S/c23-27(24,18-4-2-1-3-5-18)22-19-7-6-17(14-16(19)15-20-22)26-13-10-21-8-11-25-12-9-21/h1-7,14-15H,8-13H2. The molecule has 27 heavy (non-hydrogen) atoms. The summed E-state index contributed by atoms with van der Waals surface area (Å²) in [5, 5.41) is 4.81. The van der Waals surface area contributed by atoms with Crippen LogP contribution in [0.3, 0.4) is 0 Å². The number of benzene rings is 2. The molecule has 0 aliphatic carbocycles. The van der Waals surface area contributed by atoms with Crippen LogP contribution in [0, 0.1) is 0 Å². The summed E-state index contributed by atoms with van der Waals surface area (Å²) in [7, 11) is -3.72. The fraction of sp³-hybridized carbons (Fsp3) is 0.316. The van der Waals surface area contributed by atoms with Gasteiger partial charge in [-0.2, -0.15) is 17.6 Å². The third-order valence-electron chi connectivity index (χ3n) is 4.56. The lowest BCUT2D eigenvalue weighted by molar-refractivity contribution is 0.0322. The van der Waals surface area contributed by atoms with Crippen molar-refractivity contribution in [3.63, 3.8) is 0 Å². The van der Waals surface area contributed by atoms with E-state index in [-0.39, 0.29) is 4.90 Å². The summed E-state index contributed by atoms with van der Waals surface area (Å²) < 4.78 is 37.8. The van der Waals surface area contributed by atoms with Gasteiger partial charge in [-0.15, -0.1) is 0 Å². The zero-order valence-electron chi connectivity index (χ0n) is 14.8. The van der Waals surface area contributed by atoms with E-state index in [1.165, 1.54) is 0 Å². The van der Waals surface area contributed by atoms with Crippen LogP contribution in [0.5, 0.6) is 5.75 Å². The number of morpholine rings is 1. The van der Waals surface area contributed by atoms with E-state index in [1.807, 2.05) is 6.07 Å². The van der Waals surface area contributed by atoms with E-state index in [4.69, 9.17) is 9.47 Å². The van der Waals surface area contributed by atoms with Crippen LogP contribution in [-0.2, 0) is 14.8 Å². The van der Waals surface area contributed by atoms with Gasteiger partial charge in [0.05, 0.1) is 29.8 Å². The van der Waals surface area contributed by atoms with Crippen LogP contribution in [0.2, 0.25) is 0 Å². The molecule has 1 aliphatic rings. The predicted molar refractivity (Wildman–Crippen MR) is 102 cm³/mol. The van der Waals surface area contributed by atoms with Crippen molar-refractivity contribution >= 4 is 20.9 Å². The Hall–Kier alpha value is -2.42. The van der Waals surface area contributed by atoms with Crippen LogP contribution in [-0.4, -0.2) is 62.0 Å². The van der Waals surface area contributed by atoms with Crippen LogP contribution in [0.4, 0.5) is 0 Å². The minimum absolute atomic E-state index is 0.209. The van der Waals surface area contributed by atoms with E-state index >= 15 is 0 Å². The largest absolute Gasteiger partial charge is 0.492 e. The van der Waals surface area contributed by atoms with Gasteiger partial charge in [0.15, 0.2) is 0 Å². The number of fused-ring (bicyclic) bond motifs is 1. The van der Waals surface area contributed by atoms with Crippen molar-refractivity contribution < 1.29 is 17.9 Å². The molecule has 2 heterocycles. The molecule has 0 spiro atoms. The van der Waals surface area contributed by atoms with Gasteiger partial charge in [-0.25, -0.2) is 0 Å². The summed E-state index contributed by atoms with van der Waals surface area (Å²) in [4.78, 5) is 2.51. The number of nitrogens with zero attached hydrogens (tertiary/aromatic N) is 3. The molecule has 7 nitrogen and oxygen atoms in total. The topological polar surface area (TPSA) is 73.7 Å². The third kappa shape index (κ3) is 3.83. The first-order chi connectivity index (χ1) is 13.1. The van der Waals surface area contributed by atoms with E-state index in [2.05, 4.69) is 10.00 Å². The van der Waals surface area contributed by atoms with Gasteiger partial charge in [-0.3, -0.25) is 4.90 Å². The number of hydrogen-bond acceptors (Lipinski definition) is 6. The third-order valence-corrected chi connectivity index (χ3v) is 6.17. The van der Waals surface area contributed by atoms with Gasteiger partial charge in [0, 0.05) is 25.0 Å². The Balaban J connectivity index is 1.50. The summed E-state index contributed by atoms with van der Waals surface area (Å²) in [5.74, 6) is 0.701. The molecule has 1 aromatic heterocycles. The first kappa shape index (κ1) is 18.0. The maximum atomic E-state index is 12.8.